The number of benzene rings is 1. The molecular weight excluding hydrogens is 454 g/mol. The molecule has 3 heterocycles. The first-order chi connectivity index (χ1) is 16.1. The van der Waals surface area contributed by atoms with E-state index in [9.17, 15) is 27.2 Å². The number of nitrogens with zero attached hydrogens (tertiary/aromatic N) is 4. The summed E-state index contributed by atoms with van der Waals surface area (Å²) in [4.78, 5) is 30.4. The van der Waals surface area contributed by atoms with Crippen LogP contribution in [0, 0.1) is 5.82 Å². The first kappa shape index (κ1) is 22.9. The van der Waals surface area contributed by atoms with Gasteiger partial charge in [0.15, 0.2) is 0 Å². The van der Waals surface area contributed by atoms with Gasteiger partial charge in [-0.15, -0.1) is 0 Å². The molecule has 34 heavy (non-hydrogen) atoms. The Morgan fingerprint density at radius 2 is 1.85 bits per heavy atom. The largest absolute Gasteiger partial charge is 0.416 e. The number of pyridine rings is 2. The van der Waals surface area contributed by atoms with E-state index in [1.54, 1.807) is 35.1 Å². The van der Waals surface area contributed by atoms with Crippen LogP contribution >= 0.6 is 0 Å². The Kier molecular flexibility index (Phi) is 6.01. The zero-order chi connectivity index (χ0) is 24.5. The predicted octanol–water partition coefficient (Wildman–Crippen LogP) is 4.75. The van der Waals surface area contributed by atoms with E-state index in [0.717, 1.165) is 17.6 Å². The standard InChI is InChI=1S/C23H17F4N5O2/c1-14(33)32(19-6-9-31-18(13-19)5-8-29-31)21-12-17(4-7-28-21)30-22(34)10-15-2-3-16(24)11-20(15)23(25,26)27/h2-9,11-13H,10H2,1H3,(H,28,30,34). The second-order valence-corrected chi connectivity index (χ2v) is 7.37. The maximum absolute atomic E-state index is 13.3. The third-order valence-electron chi connectivity index (χ3n) is 4.94. The highest BCUT2D eigenvalue weighted by atomic mass is 19.4. The van der Waals surface area contributed by atoms with Gasteiger partial charge >= 0.3 is 6.18 Å². The van der Waals surface area contributed by atoms with Gasteiger partial charge in [-0.3, -0.25) is 14.5 Å². The number of rotatable bonds is 5. The molecular formula is C23H17F4N5O2. The summed E-state index contributed by atoms with van der Waals surface area (Å²) < 4.78 is 54.6. The molecule has 1 aromatic carbocycles. The molecule has 0 atom stereocenters. The maximum atomic E-state index is 13.3. The minimum absolute atomic E-state index is 0.201. The Labute approximate surface area is 190 Å². The zero-order valence-electron chi connectivity index (χ0n) is 17.7. The molecule has 0 saturated carbocycles. The van der Waals surface area contributed by atoms with Crippen molar-refractivity contribution in [1.82, 2.24) is 14.6 Å². The van der Waals surface area contributed by atoms with Crippen molar-refractivity contribution in [2.24, 2.45) is 0 Å². The Balaban J connectivity index is 1.57. The fraction of sp³-hybridized carbons (Fsp3) is 0.130. The Hall–Kier alpha value is -4.28. The molecule has 0 bridgehead atoms. The summed E-state index contributed by atoms with van der Waals surface area (Å²) >= 11 is 0. The van der Waals surface area contributed by atoms with E-state index >= 15 is 0 Å². The van der Waals surface area contributed by atoms with Crippen molar-refractivity contribution in [3.8, 4) is 0 Å². The van der Waals surface area contributed by atoms with E-state index in [2.05, 4.69) is 15.4 Å². The van der Waals surface area contributed by atoms with E-state index in [1.807, 2.05) is 0 Å². The first-order valence-corrected chi connectivity index (χ1v) is 9.97. The molecule has 4 rings (SSSR count). The normalized spacial score (nSPS) is 11.4. The molecule has 0 unspecified atom stereocenters. The third kappa shape index (κ3) is 4.87. The Bertz CT molecular complexity index is 1380. The van der Waals surface area contributed by atoms with Gasteiger partial charge in [-0.05, 0) is 42.0 Å². The van der Waals surface area contributed by atoms with Gasteiger partial charge in [0.25, 0.3) is 0 Å². The van der Waals surface area contributed by atoms with Crippen LogP contribution in [-0.4, -0.2) is 26.4 Å². The second kappa shape index (κ2) is 8.93. The van der Waals surface area contributed by atoms with Gasteiger partial charge in [-0.25, -0.2) is 13.9 Å². The van der Waals surface area contributed by atoms with Crippen LogP contribution in [-0.2, 0) is 22.2 Å². The second-order valence-electron chi connectivity index (χ2n) is 7.37. The number of aromatic nitrogens is 3. The van der Waals surface area contributed by atoms with Crippen molar-refractivity contribution in [2.75, 3.05) is 10.2 Å². The smallest absolute Gasteiger partial charge is 0.326 e. The summed E-state index contributed by atoms with van der Waals surface area (Å²) in [5.74, 6) is -1.94. The summed E-state index contributed by atoms with van der Waals surface area (Å²) in [6, 6.07) is 10.2. The van der Waals surface area contributed by atoms with Gasteiger partial charge in [0.1, 0.15) is 11.6 Å². The molecule has 0 saturated heterocycles. The molecule has 3 aromatic heterocycles. The van der Waals surface area contributed by atoms with Crippen molar-refractivity contribution in [2.45, 2.75) is 19.5 Å². The highest BCUT2D eigenvalue weighted by Gasteiger charge is 2.34. The average Bonchev–Trinajstić information content (AvgIpc) is 3.22. The minimum atomic E-state index is -4.81. The number of hydrogen-bond donors (Lipinski definition) is 1. The molecule has 7 nitrogen and oxygen atoms in total. The summed E-state index contributed by atoms with van der Waals surface area (Å²) in [7, 11) is 0. The number of anilines is 3. The van der Waals surface area contributed by atoms with Crippen molar-refractivity contribution in [3.05, 3.63) is 84.1 Å². The van der Waals surface area contributed by atoms with Gasteiger partial charge in [-0.2, -0.15) is 18.3 Å². The lowest BCUT2D eigenvalue weighted by Gasteiger charge is -2.21. The number of alkyl halides is 3. The van der Waals surface area contributed by atoms with Crippen LogP contribution in [0.5, 0.6) is 0 Å². The van der Waals surface area contributed by atoms with Crippen LogP contribution in [0.25, 0.3) is 5.52 Å². The summed E-state index contributed by atoms with van der Waals surface area (Å²) in [6.07, 6.45) is -0.789. The quantitative estimate of drug-likeness (QED) is 0.426. The van der Waals surface area contributed by atoms with Gasteiger partial charge in [0, 0.05) is 37.3 Å². The van der Waals surface area contributed by atoms with Gasteiger partial charge in [-0.1, -0.05) is 6.07 Å². The van der Waals surface area contributed by atoms with E-state index in [1.165, 1.54) is 30.2 Å². The van der Waals surface area contributed by atoms with Crippen molar-refractivity contribution in [1.29, 1.82) is 0 Å². The lowest BCUT2D eigenvalue weighted by atomic mass is 10.0. The first-order valence-electron chi connectivity index (χ1n) is 9.97. The molecule has 0 aliphatic carbocycles. The number of carbonyl (C=O) groups is 2. The lowest BCUT2D eigenvalue weighted by molar-refractivity contribution is -0.138. The monoisotopic (exact) mass is 471 g/mol. The van der Waals surface area contributed by atoms with Crippen LogP contribution < -0.4 is 10.2 Å². The number of amides is 2. The van der Waals surface area contributed by atoms with Gasteiger partial charge in [0.05, 0.1) is 23.2 Å². The van der Waals surface area contributed by atoms with Crippen LogP contribution in [0.2, 0.25) is 0 Å². The predicted molar refractivity (Wildman–Crippen MR) is 116 cm³/mol. The third-order valence-corrected chi connectivity index (χ3v) is 4.94. The van der Waals surface area contributed by atoms with Crippen LogP contribution in [0.1, 0.15) is 18.1 Å². The highest BCUT2D eigenvalue weighted by molar-refractivity contribution is 5.99. The molecule has 0 aliphatic heterocycles. The molecule has 4 aromatic rings. The fourth-order valence-corrected chi connectivity index (χ4v) is 3.49. The molecule has 174 valence electrons. The SMILES string of the molecule is CC(=O)N(c1ccn2nccc2c1)c1cc(NC(=O)Cc2ccc(F)cc2C(F)(F)F)ccn1. The van der Waals surface area contributed by atoms with Gasteiger partial charge < -0.3 is 5.32 Å². The van der Waals surface area contributed by atoms with Crippen molar-refractivity contribution in [3.63, 3.8) is 0 Å². The molecule has 0 radical (unpaired) electrons. The van der Waals surface area contributed by atoms with Crippen LogP contribution in [0.4, 0.5) is 34.8 Å². The zero-order valence-corrected chi connectivity index (χ0v) is 17.7. The molecule has 0 fully saturated rings. The fourth-order valence-electron chi connectivity index (χ4n) is 3.49. The number of fused-ring (bicyclic) bond motifs is 1. The number of carbonyl (C=O) groups excluding carboxylic acids is 2. The summed E-state index contributed by atoms with van der Waals surface area (Å²) in [5.41, 5.74) is -0.0934. The van der Waals surface area contributed by atoms with E-state index < -0.39 is 29.9 Å². The topological polar surface area (TPSA) is 79.6 Å². The molecule has 0 aliphatic rings. The van der Waals surface area contributed by atoms with E-state index in [0.29, 0.717) is 11.8 Å². The minimum Gasteiger partial charge on any atom is -0.326 e. The number of halogens is 4. The maximum Gasteiger partial charge on any atom is 0.416 e. The Morgan fingerprint density at radius 1 is 1.06 bits per heavy atom. The summed E-state index contributed by atoms with van der Waals surface area (Å²) in [6.45, 7) is 1.35. The molecule has 2 amide bonds. The van der Waals surface area contributed by atoms with E-state index in [-0.39, 0.29) is 23.0 Å². The lowest BCUT2D eigenvalue weighted by Crippen LogP contribution is -2.24. The molecule has 11 heteroatoms. The Morgan fingerprint density at radius 3 is 2.59 bits per heavy atom. The molecule has 0 spiro atoms. The van der Waals surface area contributed by atoms with Gasteiger partial charge in [0.2, 0.25) is 11.8 Å². The van der Waals surface area contributed by atoms with Crippen molar-refractivity contribution >= 4 is 34.5 Å². The highest BCUT2D eigenvalue weighted by Crippen LogP contribution is 2.33. The molecule has 1 N–H and O–H groups in total. The number of nitrogens with one attached hydrogen (secondary N) is 1. The van der Waals surface area contributed by atoms with E-state index in [4.69, 9.17) is 0 Å². The number of hydrogen-bond acceptors (Lipinski definition) is 4. The summed E-state index contributed by atoms with van der Waals surface area (Å²) in [5, 5.41) is 6.61. The van der Waals surface area contributed by atoms with Crippen LogP contribution in [0.3, 0.4) is 0 Å². The average molecular weight is 471 g/mol. The van der Waals surface area contributed by atoms with Crippen molar-refractivity contribution < 1.29 is 27.2 Å². The van der Waals surface area contributed by atoms with Crippen LogP contribution in [0.15, 0.2) is 67.1 Å².